The molecule has 2 rings (SSSR count). The van der Waals surface area contributed by atoms with E-state index in [1.54, 1.807) is 0 Å². The third-order valence-electron chi connectivity index (χ3n) is 3.87. The first kappa shape index (κ1) is 13.1. The molecule has 1 saturated carbocycles. The number of halogens is 1. The second kappa shape index (κ2) is 4.42. The van der Waals surface area contributed by atoms with Gasteiger partial charge in [0.25, 0.3) is 0 Å². The third kappa shape index (κ3) is 1.87. The molecule has 0 radical (unpaired) electrons. The number of hydrogen-bond acceptors (Lipinski definition) is 4. The van der Waals surface area contributed by atoms with Gasteiger partial charge in [0.1, 0.15) is 12.2 Å². The lowest BCUT2D eigenvalue weighted by atomic mass is 9.89. The molecule has 0 saturated heterocycles. The number of ether oxygens (including phenoxy) is 2. The molecular formula is C12H17IO4. The van der Waals surface area contributed by atoms with Gasteiger partial charge in [0, 0.05) is 17.3 Å². The van der Waals surface area contributed by atoms with E-state index in [-0.39, 0.29) is 18.0 Å². The summed E-state index contributed by atoms with van der Waals surface area (Å²) in [6.07, 6.45) is -0.302. The number of esters is 1. The predicted molar refractivity (Wildman–Crippen MR) is 70.7 cm³/mol. The van der Waals surface area contributed by atoms with Gasteiger partial charge in [-0.1, -0.05) is 22.6 Å². The molecule has 0 aromatic heterocycles. The lowest BCUT2D eigenvalue weighted by Gasteiger charge is -2.40. The zero-order chi connectivity index (χ0) is 12.8. The summed E-state index contributed by atoms with van der Waals surface area (Å²) in [5.41, 5.74) is 0.299. The van der Waals surface area contributed by atoms with Crippen molar-refractivity contribution < 1.29 is 19.4 Å². The third-order valence-corrected chi connectivity index (χ3v) is 5.06. The maximum atomic E-state index is 11.1. The van der Waals surface area contributed by atoms with Crippen molar-refractivity contribution >= 4 is 28.6 Å². The zero-order valence-electron chi connectivity index (χ0n) is 10.2. The number of carbonyl (C=O) groups excluding carboxylic acids is 1. The van der Waals surface area contributed by atoms with Crippen LogP contribution >= 0.6 is 22.6 Å². The van der Waals surface area contributed by atoms with Gasteiger partial charge in [-0.25, -0.2) is 0 Å². The van der Waals surface area contributed by atoms with Crippen LogP contribution in [-0.4, -0.2) is 33.3 Å². The largest absolute Gasteiger partial charge is 0.485 e. The van der Waals surface area contributed by atoms with E-state index in [1.165, 1.54) is 6.92 Å². The molecule has 1 aliphatic carbocycles. The number of carbonyl (C=O) groups is 1. The highest BCUT2D eigenvalue weighted by atomic mass is 127. The normalized spacial score (nSPS) is 40.2. The molecule has 1 fully saturated rings. The van der Waals surface area contributed by atoms with Crippen molar-refractivity contribution in [3.8, 4) is 0 Å². The monoisotopic (exact) mass is 352 g/mol. The fourth-order valence-corrected chi connectivity index (χ4v) is 3.89. The molecule has 96 valence electrons. The Bertz CT molecular complexity index is 379. The average molecular weight is 352 g/mol. The van der Waals surface area contributed by atoms with E-state index in [0.29, 0.717) is 10.8 Å². The van der Waals surface area contributed by atoms with E-state index in [0.717, 1.165) is 11.3 Å². The van der Waals surface area contributed by atoms with Gasteiger partial charge in [0.05, 0.1) is 5.76 Å². The lowest BCUT2D eigenvalue weighted by Crippen LogP contribution is -2.54. The van der Waals surface area contributed by atoms with Crippen LogP contribution in [0.2, 0.25) is 0 Å². The first-order chi connectivity index (χ1) is 7.92. The van der Waals surface area contributed by atoms with Crippen LogP contribution in [0.15, 0.2) is 11.3 Å². The predicted octanol–water partition coefficient (Wildman–Crippen LogP) is 1.80. The van der Waals surface area contributed by atoms with Gasteiger partial charge < -0.3 is 14.6 Å². The Balaban J connectivity index is 2.36. The summed E-state index contributed by atoms with van der Waals surface area (Å²) in [5.74, 6) is 0.576. The first-order valence-electron chi connectivity index (χ1n) is 5.70. The Hall–Kier alpha value is -0.300. The maximum absolute atomic E-state index is 11.1. The standard InChI is InChI=1S/C12H17IO4/c1-6-7(2)17-12(5-13)10(16-8(3)14)4-9(6)11(12)15/h9-11,15H,4-5H2,1-3H3. The van der Waals surface area contributed by atoms with E-state index in [1.807, 2.05) is 13.8 Å². The molecule has 4 nitrogen and oxygen atoms in total. The van der Waals surface area contributed by atoms with Crippen molar-refractivity contribution in [3.63, 3.8) is 0 Å². The summed E-state index contributed by atoms with van der Waals surface area (Å²) in [6, 6.07) is 0. The number of rotatable bonds is 2. The summed E-state index contributed by atoms with van der Waals surface area (Å²) in [5, 5.41) is 10.4. The van der Waals surface area contributed by atoms with Crippen molar-refractivity contribution in [1.29, 1.82) is 0 Å². The highest BCUT2D eigenvalue weighted by Crippen LogP contribution is 2.49. The van der Waals surface area contributed by atoms with E-state index < -0.39 is 11.7 Å². The molecule has 5 heteroatoms. The number of hydrogen-bond donors (Lipinski definition) is 1. The molecule has 2 bridgehead atoms. The Labute approximate surface area is 114 Å². The van der Waals surface area contributed by atoms with E-state index >= 15 is 0 Å². The van der Waals surface area contributed by atoms with E-state index in [2.05, 4.69) is 22.6 Å². The second-order valence-electron chi connectivity index (χ2n) is 4.81. The quantitative estimate of drug-likeness (QED) is 0.468. The number of aliphatic hydroxyl groups excluding tert-OH is 1. The maximum Gasteiger partial charge on any atom is 0.303 e. The number of fused-ring (bicyclic) bond motifs is 2. The Morgan fingerprint density at radius 1 is 1.65 bits per heavy atom. The molecule has 1 N–H and O–H groups in total. The van der Waals surface area contributed by atoms with E-state index in [9.17, 15) is 9.90 Å². The Morgan fingerprint density at radius 3 is 2.82 bits per heavy atom. The van der Waals surface area contributed by atoms with Crippen LogP contribution in [0.5, 0.6) is 0 Å². The van der Waals surface area contributed by atoms with Crippen molar-refractivity contribution in [1.82, 2.24) is 0 Å². The van der Waals surface area contributed by atoms with Gasteiger partial charge in [0.15, 0.2) is 5.60 Å². The number of allylic oxidation sites excluding steroid dienone is 1. The van der Waals surface area contributed by atoms with Gasteiger partial charge in [-0.05, 0) is 25.8 Å². The SMILES string of the molecule is CC(=O)OC1CC2C(C)=C(C)OC1(CI)C2O. The van der Waals surface area contributed by atoms with Gasteiger partial charge in [-0.15, -0.1) is 0 Å². The second-order valence-corrected chi connectivity index (χ2v) is 5.58. The molecule has 4 atom stereocenters. The van der Waals surface area contributed by atoms with Gasteiger partial charge >= 0.3 is 5.97 Å². The van der Waals surface area contributed by atoms with E-state index in [4.69, 9.17) is 9.47 Å². The average Bonchev–Trinajstić information content (AvgIpc) is 2.45. The van der Waals surface area contributed by atoms with Crippen molar-refractivity contribution in [2.45, 2.75) is 45.0 Å². The van der Waals surface area contributed by atoms with Gasteiger partial charge in [-0.2, -0.15) is 0 Å². The summed E-state index contributed by atoms with van der Waals surface area (Å²) < 4.78 is 11.8. The van der Waals surface area contributed by atoms with Crippen LogP contribution in [0, 0.1) is 5.92 Å². The number of aliphatic hydroxyl groups is 1. The lowest BCUT2D eigenvalue weighted by molar-refractivity contribution is -0.168. The highest BCUT2D eigenvalue weighted by Gasteiger charge is 2.61. The van der Waals surface area contributed by atoms with Crippen LogP contribution in [0.4, 0.5) is 0 Å². The van der Waals surface area contributed by atoms with Crippen LogP contribution in [0.25, 0.3) is 0 Å². The van der Waals surface area contributed by atoms with Gasteiger partial charge in [0.2, 0.25) is 0 Å². The highest BCUT2D eigenvalue weighted by molar-refractivity contribution is 14.1. The molecule has 1 aliphatic heterocycles. The summed E-state index contributed by atoms with van der Waals surface area (Å²) >= 11 is 2.18. The summed E-state index contributed by atoms with van der Waals surface area (Å²) in [7, 11) is 0. The Kier molecular flexibility index (Phi) is 3.42. The van der Waals surface area contributed by atoms with Crippen LogP contribution in [0.3, 0.4) is 0 Å². The minimum absolute atomic E-state index is 0.0443. The Morgan fingerprint density at radius 2 is 2.29 bits per heavy atom. The minimum atomic E-state index is -0.763. The smallest absolute Gasteiger partial charge is 0.303 e. The molecule has 2 aliphatic rings. The van der Waals surface area contributed by atoms with Crippen molar-refractivity contribution in [3.05, 3.63) is 11.3 Å². The molecule has 0 aromatic carbocycles. The molecule has 1 heterocycles. The molecule has 4 unspecified atom stereocenters. The topological polar surface area (TPSA) is 55.8 Å². The fraction of sp³-hybridized carbons (Fsp3) is 0.750. The molecule has 0 amide bonds. The molecule has 0 aromatic rings. The summed E-state index contributed by atoms with van der Waals surface area (Å²) in [4.78, 5) is 11.1. The van der Waals surface area contributed by atoms with Gasteiger partial charge in [-0.3, -0.25) is 4.79 Å². The van der Waals surface area contributed by atoms with Crippen molar-refractivity contribution in [2.75, 3.05) is 4.43 Å². The van der Waals surface area contributed by atoms with Crippen LogP contribution in [-0.2, 0) is 14.3 Å². The fourth-order valence-electron chi connectivity index (χ4n) is 2.80. The number of alkyl halides is 1. The molecular weight excluding hydrogens is 335 g/mol. The summed E-state index contributed by atoms with van der Waals surface area (Å²) in [6.45, 7) is 5.27. The molecule has 17 heavy (non-hydrogen) atoms. The molecule has 0 spiro atoms. The van der Waals surface area contributed by atoms with Crippen LogP contribution in [0.1, 0.15) is 27.2 Å². The van der Waals surface area contributed by atoms with Crippen molar-refractivity contribution in [2.24, 2.45) is 5.92 Å². The zero-order valence-corrected chi connectivity index (χ0v) is 12.4. The first-order valence-corrected chi connectivity index (χ1v) is 7.22. The minimum Gasteiger partial charge on any atom is -0.485 e. The van der Waals surface area contributed by atoms with Crippen LogP contribution < -0.4 is 0 Å².